The summed E-state index contributed by atoms with van der Waals surface area (Å²) in [6, 6.07) is 5.05. The number of aliphatic hydroxyl groups is 1. The van der Waals surface area contributed by atoms with Gasteiger partial charge in [-0.25, -0.2) is 0 Å². The summed E-state index contributed by atoms with van der Waals surface area (Å²) in [5.41, 5.74) is 4.74. The Morgan fingerprint density at radius 2 is 1.75 bits per heavy atom. The highest BCUT2D eigenvalue weighted by Gasteiger charge is 2.43. The Hall–Kier alpha value is -0.860. The molecule has 1 fully saturated rings. The summed E-state index contributed by atoms with van der Waals surface area (Å²) in [6.07, 6.45) is 1.69. The molecule has 2 heteroatoms. The van der Waals surface area contributed by atoms with Crippen LogP contribution >= 0.6 is 0 Å². The van der Waals surface area contributed by atoms with E-state index in [1.165, 1.54) is 22.3 Å². The molecule has 4 atom stereocenters. The molecule has 1 aromatic carbocycles. The van der Waals surface area contributed by atoms with Gasteiger partial charge in [-0.3, -0.25) is 0 Å². The van der Waals surface area contributed by atoms with E-state index in [-0.39, 0.29) is 0 Å². The van der Waals surface area contributed by atoms with Gasteiger partial charge >= 0.3 is 0 Å². The van der Waals surface area contributed by atoms with Crippen molar-refractivity contribution >= 4 is 0 Å². The van der Waals surface area contributed by atoms with Crippen LogP contribution in [0.3, 0.4) is 0 Å². The first-order valence-corrected chi connectivity index (χ1v) is 7.84. The largest absolute Gasteiger partial charge is 0.389 e. The highest BCUT2D eigenvalue weighted by atomic mass is 16.3. The molecule has 1 aromatic rings. The molecule has 1 aliphatic heterocycles. The van der Waals surface area contributed by atoms with Crippen molar-refractivity contribution in [3.63, 3.8) is 0 Å². The molecule has 0 amide bonds. The van der Waals surface area contributed by atoms with Gasteiger partial charge in [0.2, 0.25) is 0 Å². The van der Waals surface area contributed by atoms with Gasteiger partial charge in [-0.15, -0.1) is 0 Å². The van der Waals surface area contributed by atoms with Crippen molar-refractivity contribution in [1.29, 1.82) is 0 Å². The molecule has 0 bridgehead atoms. The molecule has 0 spiro atoms. The zero-order valence-corrected chi connectivity index (χ0v) is 13.9. The van der Waals surface area contributed by atoms with Crippen molar-refractivity contribution in [2.45, 2.75) is 59.1 Å². The summed E-state index contributed by atoms with van der Waals surface area (Å²) in [5, 5.41) is 11.2. The summed E-state index contributed by atoms with van der Waals surface area (Å²) < 4.78 is 0. The van der Waals surface area contributed by atoms with Gasteiger partial charge in [-0.1, -0.05) is 19.1 Å². The molecule has 1 aliphatic rings. The first-order chi connectivity index (χ1) is 9.23. The molecule has 2 N–H and O–H groups in total. The number of hydrogen-bond donors (Lipinski definition) is 2. The predicted molar refractivity (Wildman–Crippen MR) is 84.3 cm³/mol. The van der Waals surface area contributed by atoms with Gasteiger partial charge < -0.3 is 10.0 Å². The van der Waals surface area contributed by atoms with Crippen molar-refractivity contribution in [2.24, 2.45) is 5.92 Å². The van der Waals surface area contributed by atoms with Crippen LogP contribution in [0.15, 0.2) is 12.1 Å². The van der Waals surface area contributed by atoms with Crippen LogP contribution < -0.4 is 4.90 Å². The number of hydrogen-bond acceptors (Lipinski definition) is 1. The van der Waals surface area contributed by atoms with Crippen molar-refractivity contribution < 1.29 is 10.0 Å². The molecule has 2 rings (SSSR count). The monoisotopic (exact) mass is 276 g/mol. The van der Waals surface area contributed by atoms with Crippen LogP contribution in [-0.2, 0) is 6.42 Å². The second-order valence-electron chi connectivity index (χ2n) is 7.20. The van der Waals surface area contributed by atoms with E-state index < -0.39 is 5.60 Å². The van der Waals surface area contributed by atoms with Gasteiger partial charge in [-0.2, -0.15) is 0 Å². The Morgan fingerprint density at radius 1 is 1.15 bits per heavy atom. The molecule has 1 saturated heterocycles. The lowest BCUT2D eigenvalue weighted by molar-refractivity contribution is -0.916. The second kappa shape index (κ2) is 5.50. The SMILES string of the molecule is Cc1cc(C)c(C[C@@]2(O)C[C@@H](C)[NH+](C)C[C@H]2C)cc1C. The Kier molecular flexibility index (Phi) is 4.27. The highest BCUT2D eigenvalue weighted by molar-refractivity contribution is 5.37. The molecule has 1 heterocycles. The van der Waals surface area contributed by atoms with Crippen LogP contribution in [0.25, 0.3) is 0 Å². The third-order valence-electron chi connectivity index (χ3n) is 5.50. The molecular weight excluding hydrogens is 246 g/mol. The zero-order valence-electron chi connectivity index (χ0n) is 13.9. The van der Waals surface area contributed by atoms with Gasteiger partial charge in [0, 0.05) is 18.8 Å². The molecule has 0 aromatic heterocycles. The maximum atomic E-state index is 11.2. The first kappa shape index (κ1) is 15.5. The van der Waals surface area contributed by atoms with Gasteiger partial charge in [0.25, 0.3) is 0 Å². The van der Waals surface area contributed by atoms with E-state index in [0.717, 1.165) is 19.4 Å². The Morgan fingerprint density at radius 3 is 2.40 bits per heavy atom. The van der Waals surface area contributed by atoms with E-state index in [2.05, 4.69) is 53.8 Å². The fourth-order valence-electron chi connectivity index (χ4n) is 3.57. The summed E-state index contributed by atoms with van der Waals surface area (Å²) in [5.74, 6) is 0.347. The highest BCUT2D eigenvalue weighted by Crippen LogP contribution is 2.30. The average molecular weight is 276 g/mol. The number of nitrogens with one attached hydrogen (secondary N) is 1. The minimum absolute atomic E-state index is 0.347. The fourth-order valence-corrected chi connectivity index (χ4v) is 3.57. The van der Waals surface area contributed by atoms with Crippen LogP contribution in [0.2, 0.25) is 0 Å². The molecule has 0 radical (unpaired) electrons. The topological polar surface area (TPSA) is 24.7 Å². The number of rotatable bonds is 2. The number of likely N-dealkylation sites (tertiary alicyclic amines) is 1. The molecular formula is C18H30NO+. The molecule has 1 unspecified atom stereocenters. The first-order valence-electron chi connectivity index (χ1n) is 7.84. The lowest BCUT2D eigenvalue weighted by atomic mass is 9.74. The molecule has 0 aliphatic carbocycles. The van der Waals surface area contributed by atoms with Gasteiger partial charge in [0.15, 0.2) is 0 Å². The van der Waals surface area contributed by atoms with Crippen molar-refractivity contribution in [1.82, 2.24) is 0 Å². The molecule has 20 heavy (non-hydrogen) atoms. The van der Waals surface area contributed by atoms with Gasteiger partial charge in [0.1, 0.15) is 0 Å². The number of benzene rings is 1. The Labute approximate surface area is 123 Å². The number of quaternary nitrogens is 1. The fraction of sp³-hybridized carbons (Fsp3) is 0.667. The van der Waals surface area contributed by atoms with Gasteiger partial charge in [0.05, 0.1) is 25.2 Å². The van der Waals surface area contributed by atoms with E-state index in [1.54, 1.807) is 4.90 Å². The van der Waals surface area contributed by atoms with E-state index >= 15 is 0 Å². The van der Waals surface area contributed by atoms with Crippen LogP contribution in [0.5, 0.6) is 0 Å². The van der Waals surface area contributed by atoms with Crippen LogP contribution in [0.1, 0.15) is 42.5 Å². The average Bonchev–Trinajstić information content (AvgIpc) is 2.34. The maximum absolute atomic E-state index is 11.2. The summed E-state index contributed by atoms with van der Waals surface area (Å²) in [7, 11) is 2.24. The maximum Gasteiger partial charge on any atom is 0.0872 e. The van der Waals surface area contributed by atoms with E-state index in [1.807, 2.05) is 0 Å². The molecule has 0 saturated carbocycles. The summed E-state index contributed by atoms with van der Waals surface area (Å²) in [4.78, 5) is 1.54. The normalized spacial score (nSPS) is 34.2. The second-order valence-corrected chi connectivity index (χ2v) is 7.20. The van der Waals surface area contributed by atoms with Crippen molar-refractivity contribution in [3.05, 3.63) is 34.4 Å². The van der Waals surface area contributed by atoms with E-state index in [0.29, 0.717) is 12.0 Å². The minimum atomic E-state index is -0.550. The lowest BCUT2D eigenvalue weighted by Crippen LogP contribution is -3.15. The van der Waals surface area contributed by atoms with Crippen LogP contribution in [0, 0.1) is 26.7 Å². The zero-order chi connectivity index (χ0) is 15.1. The summed E-state index contributed by atoms with van der Waals surface area (Å²) in [6.45, 7) is 12.0. The lowest BCUT2D eigenvalue weighted by Gasteiger charge is -2.43. The van der Waals surface area contributed by atoms with Crippen molar-refractivity contribution in [2.75, 3.05) is 13.6 Å². The predicted octanol–water partition coefficient (Wildman–Crippen LogP) is 1.83. The third-order valence-corrected chi connectivity index (χ3v) is 5.50. The quantitative estimate of drug-likeness (QED) is 0.846. The molecule has 2 nitrogen and oxygen atoms in total. The van der Waals surface area contributed by atoms with Gasteiger partial charge in [-0.05, 0) is 49.9 Å². The van der Waals surface area contributed by atoms with Crippen molar-refractivity contribution in [3.8, 4) is 0 Å². The van der Waals surface area contributed by atoms with E-state index in [9.17, 15) is 5.11 Å². The molecule has 112 valence electrons. The van der Waals surface area contributed by atoms with E-state index in [4.69, 9.17) is 0 Å². The van der Waals surface area contributed by atoms with Crippen LogP contribution in [0.4, 0.5) is 0 Å². The summed E-state index contributed by atoms with van der Waals surface area (Å²) >= 11 is 0. The minimum Gasteiger partial charge on any atom is -0.389 e. The Bertz CT molecular complexity index is 496. The standard InChI is InChI=1S/C18H29NO/c1-12-7-14(3)17(8-13(12)2)10-18(20)9-16(5)19(6)11-15(18)4/h7-8,15-16,20H,9-11H2,1-6H3/p+1/t15-,16-,18+/m1/s1. The number of aryl methyl sites for hydroxylation is 3. The van der Waals surface area contributed by atoms with Crippen LogP contribution in [-0.4, -0.2) is 30.3 Å². The smallest absolute Gasteiger partial charge is 0.0872 e. The number of piperidine rings is 1. The Balaban J connectivity index is 2.26. The third kappa shape index (κ3) is 2.91.